The zero-order chi connectivity index (χ0) is 14.7. The lowest BCUT2D eigenvalue weighted by Gasteiger charge is -2.15. The molecule has 0 aliphatic rings. The van der Waals surface area contributed by atoms with Crippen molar-refractivity contribution in [3.05, 3.63) is 71.8 Å². The van der Waals surface area contributed by atoms with Gasteiger partial charge in [-0.1, -0.05) is 48.0 Å². The Hall–Kier alpha value is -2.17. The van der Waals surface area contributed by atoms with E-state index >= 15 is 0 Å². The van der Waals surface area contributed by atoms with Crippen molar-refractivity contribution in [3.8, 4) is 11.1 Å². The van der Waals surface area contributed by atoms with Gasteiger partial charge in [-0.2, -0.15) is 5.10 Å². The SMILES string of the molecule is OC(Cn1cncn1)c1ccccc1-c1ccc(Cl)cc1. The summed E-state index contributed by atoms with van der Waals surface area (Å²) in [6.07, 6.45) is 2.39. The predicted octanol–water partition coefficient (Wildman–Crippen LogP) is 3.33. The van der Waals surface area contributed by atoms with Gasteiger partial charge in [-0.25, -0.2) is 4.98 Å². The first kappa shape index (κ1) is 13.8. The molecule has 0 aliphatic carbocycles. The number of aliphatic hydroxyl groups excluding tert-OH is 1. The molecule has 2 aromatic carbocycles. The summed E-state index contributed by atoms with van der Waals surface area (Å²) in [6.45, 7) is 0.366. The minimum atomic E-state index is -0.654. The molecule has 0 saturated carbocycles. The highest BCUT2D eigenvalue weighted by Crippen LogP contribution is 2.29. The van der Waals surface area contributed by atoms with E-state index in [-0.39, 0.29) is 0 Å². The first-order chi connectivity index (χ1) is 10.2. The van der Waals surface area contributed by atoms with E-state index in [1.54, 1.807) is 11.0 Å². The van der Waals surface area contributed by atoms with Gasteiger partial charge >= 0.3 is 0 Å². The number of hydrogen-bond donors (Lipinski definition) is 1. The van der Waals surface area contributed by atoms with E-state index in [0.29, 0.717) is 11.6 Å². The van der Waals surface area contributed by atoms with Crippen LogP contribution in [-0.4, -0.2) is 19.9 Å². The average molecular weight is 300 g/mol. The van der Waals surface area contributed by atoms with Crippen LogP contribution >= 0.6 is 11.6 Å². The van der Waals surface area contributed by atoms with Crippen LogP contribution in [0.5, 0.6) is 0 Å². The standard InChI is InChI=1S/C16H14ClN3O/c17-13-7-5-12(6-8-13)14-3-1-2-4-15(14)16(21)9-20-11-18-10-19-20/h1-8,10-11,16,21H,9H2. The molecule has 3 rings (SSSR count). The lowest BCUT2D eigenvalue weighted by atomic mass is 9.96. The molecule has 106 valence electrons. The lowest BCUT2D eigenvalue weighted by molar-refractivity contribution is 0.152. The van der Waals surface area contributed by atoms with Crippen LogP contribution in [0.1, 0.15) is 11.7 Å². The first-order valence-corrected chi connectivity index (χ1v) is 6.97. The van der Waals surface area contributed by atoms with Crippen LogP contribution < -0.4 is 0 Å². The van der Waals surface area contributed by atoms with Crippen LogP contribution in [0.15, 0.2) is 61.2 Å². The maximum absolute atomic E-state index is 10.5. The molecular weight excluding hydrogens is 286 g/mol. The van der Waals surface area contributed by atoms with E-state index in [2.05, 4.69) is 10.1 Å². The van der Waals surface area contributed by atoms with Crippen molar-refractivity contribution in [1.29, 1.82) is 0 Å². The molecule has 5 heteroatoms. The summed E-state index contributed by atoms with van der Waals surface area (Å²) in [5, 5.41) is 15.2. The zero-order valence-electron chi connectivity index (χ0n) is 11.2. The van der Waals surface area contributed by atoms with Gasteiger partial charge in [-0.05, 0) is 28.8 Å². The molecule has 1 aromatic heterocycles. The van der Waals surface area contributed by atoms with E-state index in [1.165, 1.54) is 6.33 Å². The number of aromatic nitrogens is 3. The van der Waals surface area contributed by atoms with Crippen LogP contribution in [0.4, 0.5) is 0 Å². The van der Waals surface area contributed by atoms with Crippen LogP contribution in [-0.2, 0) is 6.54 Å². The fraction of sp³-hybridized carbons (Fsp3) is 0.125. The van der Waals surface area contributed by atoms with Crippen LogP contribution in [0.25, 0.3) is 11.1 Å². The molecule has 0 spiro atoms. The third-order valence-electron chi connectivity index (χ3n) is 3.30. The largest absolute Gasteiger partial charge is 0.386 e. The molecule has 0 fully saturated rings. The number of hydrogen-bond acceptors (Lipinski definition) is 3. The summed E-state index contributed by atoms with van der Waals surface area (Å²) in [7, 11) is 0. The molecule has 21 heavy (non-hydrogen) atoms. The molecule has 1 heterocycles. The third-order valence-corrected chi connectivity index (χ3v) is 3.55. The van der Waals surface area contributed by atoms with Gasteiger partial charge in [0.25, 0.3) is 0 Å². The highest BCUT2D eigenvalue weighted by atomic mass is 35.5. The Labute approximate surface area is 127 Å². The highest BCUT2D eigenvalue weighted by Gasteiger charge is 2.14. The fourth-order valence-corrected chi connectivity index (χ4v) is 2.41. The topological polar surface area (TPSA) is 50.9 Å². The molecular formula is C16H14ClN3O. The molecule has 0 saturated heterocycles. The summed E-state index contributed by atoms with van der Waals surface area (Å²) in [5.74, 6) is 0. The Kier molecular flexibility index (Phi) is 3.99. The third kappa shape index (κ3) is 3.12. The molecule has 0 aliphatic heterocycles. The summed E-state index contributed by atoms with van der Waals surface area (Å²) in [5.41, 5.74) is 2.87. The predicted molar refractivity (Wildman–Crippen MR) is 81.9 cm³/mol. The van der Waals surface area contributed by atoms with E-state index in [0.717, 1.165) is 16.7 Å². The molecule has 0 bridgehead atoms. The van der Waals surface area contributed by atoms with Crippen molar-refractivity contribution in [2.45, 2.75) is 12.6 Å². The number of halogens is 1. The average Bonchev–Trinajstić information content (AvgIpc) is 3.01. The second kappa shape index (κ2) is 6.08. The Bertz CT molecular complexity index is 711. The van der Waals surface area contributed by atoms with E-state index in [1.807, 2.05) is 48.5 Å². The number of nitrogens with zero attached hydrogens (tertiary/aromatic N) is 3. The molecule has 1 N–H and O–H groups in total. The van der Waals surface area contributed by atoms with Gasteiger partial charge in [0.1, 0.15) is 12.7 Å². The van der Waals surface area contributed by atoms with Gasteiger partial charge in [0.15, 0.2) is 0 Å². The molecule has 0 amide bonds. The Morgan fingerprint density at radius 1 is 1.10 bits per heavy atom. The second-order valence-electron chi connectivity index (χ2n) is 4.73. The van der Waals surface area contributed by atoms with Crippen LogP contribution in [0, 0.1) is 0 Å². The number of aliphatic hydroxyl groups is 1. The maximum atomic E-state index is 10.5. The normalized spacial score (nSPS) is 12.3. The molecule has 1 unspecified atom stereocenters. The summed E-state index contributed by atoms with van der Waals surface area (Å²) >= 11 is 5.93. The number of benzene rings is 2. The fourth-order valence-electron chi connectivity index (χ4n) is 2.28. The summed E-state index contributed by atoms with van der Waals surface area (Å²) in [6, 6.07) is 15.4. The molecule has 0 radical (unpaired) electrons. The van der Waals surface area contributed by atoms with Crippen molar-refractivity contribution < 1.29 is 5.11 Å². The van der Waals surface area contributed by atoms with Gasteiger partial charge in [0.2, 0.25) is 0 Å². The highest BCUT2D eigenvalue weighted by molar-refractivity contribution is 6.30. The summed E-state index contributed by atoms with van der Waals surface area (Å²) < 4.78 is 1.61. The van der Waals surface area contributed by atoms with Crippen LogP contribution in [0.3, 0.4) is 0 Å². The molecule has 4 nitrogen and oxygen atoms in total. The zero-order valence-corrected chi connectivity index (χ0v) is 12.0. The maximum Gasteiger partial charge on any atom is 0.137 e. The Balaban J connectivity index is 1.93. The van der Waals surface area contributed by atoms with Gasteiger partial charge in [0.05, 0.1) is 12.6 Å². The van der Waals surface area contributed by atoms with Crippen molar-refractivity contribution in [3.63, 3.8) is 0 Å². The second-order valence-corrected chi connectivity index (χ2v) is 5.16. The van der Waals surface area contributed by atoms with Gasteiger partial charge in [0, 0.05) is 5.02 Å². The smallest absolute Gasteiger partial charge is 0.137 e. The van der Waals surface area contributed by atoms with Gasteiger partial charge < -0.3 is 5.11 Å². The quantitative estimate of drug-likeness (QED) is 0.804. The Morgan fingerprint density at radius 2 is 1.86 bits per heavy atom. The van der Waals surface area contributed by atoms with Gasteiger partial charge in [-0.15, -0.1) is 0 Å². The number of rotatable bonds is 4. The van der Waals surface area contributed by atoms with Crippen molar-refractivity contribution in [2.24, 2.45) is 0 Å². The van der Waals surface area contributed by atoms with Crippen molar-refractivity contribution in [1.82, 2.24) is 14.8 Å². The van der Waals surface area contributed by atoms with Crippen molar-refractivity contribution in [2.75, 3.05) is 0 Å². The van der Waals surface area contributed by atoms with Crippen LogP contribution in [0.2, 0.25) is 5.02 Å². The van der Waals surface area contributed by atoms with E-state index in [4.69, 9.17) is 11.6 Å². The monoisotopic (exact) mass is 299 g/mol. The first-order valence-electron chi connectivity index (χ1n) is 6.59. The minimum absolute atomic E-state index is 0.366. The lowest BCUT2D eigenvalue weighted by Crippen LogP contribution is -2.10. The summed E-state index contributed by atoms with van der Waals surface area (Å²) in [4.78, 5) is 3.89. The van der Waals surface area contributed by atoms with E-state index < -0.39 is 6.10 Å². The van der Waals surface area contributed by atoms with Gasteiger partial charge in [-0.3, -0.25) is 4.68 Å². The Morgan fingerprint density at radius 3 is 2.57 bits per heavy atom. The molecule has 1 atom stereocenters. The van der Waals surface area contributed by atoms with E-state index in [9.17, 15) is 5.11 Å². The molecule has 3 aromatic rings. The van der Waals surface area contributed by atoms with Crippen molar-refractivity contribution >= 4 is 11.6 Å². The minimum Gasteiger partial charge on any atom is -0.386 e.